The van der Waals surface area contributed by atoms with Gasteiger partial charge in [0.05, 0.1) is 12.1 Å². The van der Waals surface area contributed by atoms with Gasteiger partial charge < -0.3 is 4.90 Å². The number of nitrogens with zero attached hydrogens (tertiary/aromatic N) is 3. The first-order chi connectivity index (χ1) is 10.2. The first kappa shape index (κ1) is 16.3. The van der Waals surface area contributed by atoms with Gasteiger partial charge in [-0.1, -0.05) is 39.0 Å². The summed E-state index contributed by atoms with van der Waals surface area (Å²) in [7, 11) is 0. The largest absolute Gasteiger partial charge is 0.340 e. The van der Waals surface area contributed by atoms with Gasteiger partial charge in [0, 0.05) is 32.6 Å². The summed E-state index contributed by atoms with van der Waals surface area (Å²) < 4.78 is 0. The highest BCUT2D eigenvalue weighted by Crippen LogP contribution is 2.28. The molecule has 0 radical (unpaired) electrons. The smallest absolute Gasteiger partial charge is 0.222 e. The van der Waals surface area contributed by atoms with Crippen molar-refractivity contribution in [2.75, 3.05) is 26.2 Å². The van der Waals surface area contributed by atoms with Crippen LogP contribution in [0, 0.1) is 17.2 Å². The summed E-state index contributed by atoms with van der Waals surface area (Å²) in [5.74, 6) is 1.12. The second-order valence-electron chi connectivity index (χ2n) is 6.54. The van der Waals surface area contributed by atoms with Crippen LogP contribution in [0.2, 0.25) is 0 Å². The molecule has 1 heterocycles. The summed E-state index contributed by atoms with van der Waals surface area (Å²) in [5, 5.41) is 9.22. The van der Waals surface area contributed by atoms with Gasteiger partial charge in [-0.3, -0.25) is 9.69 Å². The SMILES string of the molecule is CCCC(C#N)N1CCN(C(=O)CCC2CCCC2)CC1. The molecule has 1 saturated heterocycles. The molecular formula is C17H29N3O. The second kappa shape index (κ2) is 8.38. The maximum absolute atomic E-state index is 12.3. The molecule has 1 unspecified atom stereocenters. The maximum Gasteiger partial charge on any atom is 0.222 e. The molecule has 0 bridgehead atoms. The van der Waals surface area contributed by atoms with Crippen molar-refractivity contribution < 1.29 is 4.79 Å². The predicted molar refractivity (Wildman–Crippen MR) is 83.7 cm³/mol. The van der Waals surface area contributed by atoms with Crippen molar-refractivity contribution in [1.82, 2.24) is 9.80 Å². The lowest BCUT2D eigenvalue weighted by Crippen LogP contribution is -2.51. The number of hydrogen-bond donors (Lipinski definition) is 0. The van der Waals surface area contributed by atoms with Gasteiger partial charge in [-0.15, -0.1) is 0 Å². The molecule has 0 N–H and O–H groups in total. The van der Waals surface area contributed by atoms with Gasteiger partial charge in [-0.05, 0) is 18.8 Å². The van der Waals surface area contributed by atoms with Gasteiger partial charge in [0.15, 0.2) is 0 Å². The Morgan fingerprint density at radius 1 is 1.24 bits per heavy atom. The van der Waals surface area contributed by atoms with Crippen molar-refractivity contribution in [2.45, 2.75) is 64.3 Å². The van der Waals surface area contributed by atoms with Crippen LogP contribution in [0.4, 0.5) is 0 Å². The number of rotatable bonds is 6. The fraction of sp³-hybridized carbons (Fsp3) is 0.882. The lowest BCUT2D eigenvalue weighted by atomic mass is 10.0. The van der Waals surface area contributed by atoms with Gasteiger partial charge in [0.2, 0.25) is 5.91 Å². The molecule has 2 aliphatic rings. The minimum atomic E-state index is 0.0331. The Kier molecular flexibility index (Phi) is 6.50. The summed E-state index contributed by atoms with van der Waals surface area (Å²) in [4.78, 5) is 16.5. The molecular weight excluding hydrogens is 262 g/mol. The van der Waals surface area contributed by atoms with E-state index in [0.29, 0.717) is 5.91 Å². The predicted octanol–water partition coefficient (Wildman–Crippen LogP) is 2.79. The Hall–Kier alpha value is -1.08. The molecule has 21 heavy (non-hydrogen) atoms. The topological polar surface area (TPSA) is 47.3 Å². The Morgan fingerprint density at radius 3 is 2.48 bits per heavy atom. The highest BCUT2D eigenvalue weighted by Gasteiger charge is 2.26. The molecule has 1 amide bonds. The normalized spacial score (nSPS) is 22.2. The Balaban J connectivity index is 1.70. The Bertz CT molecular complexity index is 363. The number of carbonyl (C=O) groups is 1. The van der Waals surface area contributed by atoms with Crippen LogP contribution >= 0.6 is 0 Å². The van der Waals surface area contributed by atoms with Crippen LogP contribution in [0.5, 0.6) is 0 Å². The van der Waals surface area contributed by atoms with Crippen LogP contribution in [0.1, 0.15) is 58.3 Å². The van der Waals surface area contributed by atoms with Gasteiger partial charge >= 0.3 is 0 Å². The molecule has 1 atom stereocenters. The fourth-order valence-electron chi connectivity index (χ4n) is 3.67. The highest BCUT2D eigenvalue weighted by molar-refractivity contribution is 5.76. The van der Waals surface area contributed by atoms with E-state index in [-0.39, 0.29) is 6.04 Å². The van der Waals surface area contributed by atoms with E-state index in [1.54, 1.807) is 0 Å². The number of carbonyl (C=O) groups excluding carboxylic acids is 1. The van der Waals surface area contributed by atoms with Crippen LogP contribution in [-0.4, -0.2) is 47.9 Å². The summed E-state index contributed by atoms with van der Waals surface area (Å²) in [6.07, 6.45) is 9.13. The zero-order valence-corrected chi connectivity index (χ0v) is 13.4. The van der Waals surface area contributed by atoms with Gasteiger partial charge in [0.25, 0.3) is 0 Å². The maximum atomic E-state index is 12.3. The van der Waals surface area contributed by atoms with E-state index in [1.807, 2.05) is 4.90 Å². The lowest BCUT2D eigenvalue weighted by Gasteiger charge is -2.37. The van der Waals surface area contributed by atoms with Crippen LogP contribution in [-0.2, 0) is 4.79 Å². The van der Waals surface area contributed by atoms with E-state index in [9.17, 15) is 10.1 Å². The molecule has 1 saturated carbocycles. The van der Waals surface area contributed by atoms with Crippen LogP contribution in [0.25, 0.3) is 0 Å². The third-order valence-electron chi connectivity index (χ3n) is 5.06. The van der Waals surface area contributed by atoms with E-state index in [0.717, 1.165) is 57.8 Å². The molecule has 0 spiro atoms. The van der Waals surface area contributed by atoms with E-state index < -0.39 is 0 Å². The molecule has 1 aliphatic carbocycles. The van der Waals surface area contributed by atoms with Crippen molar-refractivity contribution in [3.8, 4) is 6.07 Å². The first-order valence-electron chi connectivity index (χ1n) is 8.66. The summed E-state index contributed by atoms with van der Waals surface area (Å²) in [6, 6.07) is 2.43. The van der Waals surface area contributed by atoms with Gasteiger partial charge in [0.1, 0.15) is 0 Å². The number of nitriles is 1. The molecule has 0 aromatic heterocycles. The lowest BCUT2D eigenvalue weighted by molar-refractivity contribution is -0.133. The second-order valence-corrected chi connectivity index (χ2v) is 6.54. The average Bonchev–Trinajstić information content (AvgIpc) is 3.04. The van der Waals surface area contributed by atoms with E-state index in [2.05, 4.69) is 17.9 Å². The number of hydrogen-bond acceptors (Lipinski definition) is 3. The summed E-state index contributed by atoms with van der Waals surface area (Å²) in [6.45, 7) is 5.42. The first-order valence-corrected chi connectivity index (χ1v) is 8.66. The summed E-state index contributed by atoms with van der Waals surface area (Å²) >= 11 is 0. The Labute approximate surface area is 129 Å². The zero-order valence-electron chi connectivity index (χ0n) is 13.4. The Morgan fingerprint density at radius 2 is 1.90 bits per heavy atom. The molecule has 4 heteroatoms. The average molecular weight is 291 g/mol. The van der Waals surface area contributed by atoms with Crippen molar-refractivity contribution in [3.63, 3.8) is 0 Å². The van der Waals surface area contributed by atoms with Crippen molar-refractivity contribution in [2.24, 2.45) is 5.92 Å². The molecule has 118 valence electrons. The summed E-state index contributed by atoms with van der Waals surface area (Å²) in [5.41, 5.74) is 0. The minimum Gasteiger partial charge on any atom is -0.340 e. The van der Waals surface area contributed by atoms with Crippen molar-refractivity contribution in [1.29, 1.82) is 5.26 Å². The monoisotopic (exact) mass is 291 g/mol. The van der Waals surface area contributed by atoms with Crippen molar-refractivity contribution in [3.05, 3.63) is 0 Å². The molecule has 2 rings (SSSR count). The molecule has 1 aliphatic heterocycles. The van der Waals surface area contributed by atoms with E-state index in [1.165, 1.54) is 25.7 Å². The van der Waals surface area contributed by atoms with E-state index >= 15 is 0 Å². The third-order valence-corrected chi connectivity index (χ3v) is 5.06. The van der Waals surface area contributed by atoms with Crippen LogP contribution < -0.4 is 0 Å². The molecule has 0 aromatic rings. The number of amides is 1. The number of piperazine rings is 1. The highest BCUT2D eigenvalue weighted by atomic mass is 16.2. The zero-order chi connectivity index (χ0) is 15.1. The van der Waals surface area contributed by atoms with Gasteiger partial charge in [-0.2, -0.15) is 5.26 Å². The molecule has 0 aromatic carbocycles. The van der Waals surface area contributed by atoms with Crippen LogP contribution in [0.15, 0.2) is 0 Å². The third kappa shape index (κ3) is 4.71. The van der Waals surface area contributed by atoms with E-state index in [4.69, 9.17) is 0 Å². The minimum absolute atomic E-state index is 0.0331. The molecule has 2 fully saturated rings. The van der Waals surface area contributed by atoms with Crippen molar-refractivity contribution >= 4 is 5.91 Å². The quantitative estimate of drug-likeness (QED) is 0.756. The molecule has 4 nitrogen and oxygen atoms in total. The van der Waals surface area contributed by atoms with Gasteiger partial charge in [-0.25, -0.2) is 0 Å². The van der Waals surface area contributed by atoms with Crippen LogP contribution in [0.3, 0.4) is 0 Å². The standard InChI is InChI=1S/C17H29N3O/c1-2-5-16(14-18)19-10-12-20(13-11-19)17(21)9-8-15-6-3-4-7-15/h15-16H,2-13H2,1H3. The fourth-order valence-corrected chi connectivity index (χ4v) is 3.67.